The number of aromatic nitrogens is 2. The summed E-state index contributed by atoms with van der Waals surface area (Å²) >= 11 is 0. The van der Waals surface area contributed by atoms with Gasteiger partial charge in [-0.2, -0.15) is 4.98 Å². The molecule has 0 aliphatic carbocycles. The molecule has 10 heteroatoms. The molecule has 1 unspecified atom stereocenters. The molecule has 154 valence electrons. The number of carbonyl (C=O) groups excluding carboxylic acids is 4. The zero-order chi connectivity index (χ0) is 21.3. The molecule has 0 saturated carbocycles. The number of hydrogen-bond donors (Lipinski definition) is 2. The molecular weight excluding hydrogens is 390 g/mol. The van der Waals surface area contributed by atoms with Crippen molar-refractivity contribution < 1.29 is 23.9 Å². The van der Waals surface area contributed by atoms with Crippen molar-refractivity contribution in [2.45, 2.75) is 32.4 Å². The van der Waals surface area contributed by atoms with E-state index in [2.05, 4.69) is 20.6 Å². The van der Waals surface area contributed by atoms with E-state index in [1.807, 2.05) is 6.92 Å². The molecule has 1 aromatic carbocycles. The predicted octanol–water partition coefficient (Wildman–Crippen LogP) is 0.889. The molecule has 1 aromatic heterocycles. The van der Waals surface area contributed by atoms with Crippen LogP contribution in [0.4, 0.5) is 5.95 Å². The van der Waals surface area contributed by atoms with Crippen LogP contribution in [0.5, 0.6) is 5.88 Å². The molecule has 1 atom stereocenters. The van der Waals surface area contributed by atoms with Gasteiger partial charge in [-0.1, -0.05) is 0 Å². The standard InChI is InChI=1S/C20H19N5O5/c1-2-30-16-7-8-21-20(23-16)24-17(27)11-3-4-13-12(9-11)10-25(19(13)29)14-5-6-15(26)22-18(14)28/h3-4,7-9,14H,2,5-6,10H2,1H3,(H,22,26,28)(H,21,23,24,27). The number of anilines is 1. The third kappa shape index (κ3) is 3.71. The maximum absolute atomic E-state index is 12.7. The Labute approximate surface area is 171 Å². The van der Waals surface area contributed by atoms with E-state index >= 15 is 0 Å². The maximum Gasteiger partial charge on any atom is 0.258 e. The number of nitrogens with zero attached hydrogens (tertiary/aromatic N) is 3. The van der Waals surface area contributed by atoms with Crippen LogP contribution in [0.2, 0.25) is 0 Å². The van der Waals surface area contributed by atoms with Crippen molar-refractivity contribution in [1.82, 2.24) is 20.2 Å². The van der Waals surface area contributed by atoms with Gasteiger partial charge in [0.1, 0.15) is 6.04 Å². The van der Waals surface area contributed by atoms with Gasteiger partial charge in [0.2, 0.25) is 23.6 Å². The van der Waals surface area contributed by atoms with Gasteiger partial charge >= 0.3 is 0 Å². The lowest BCUT2D eigenvalue weighted by molar-refractivity contribution is -0.136. The number of fused-ring (bicyclic) bond motifs is 1. The van der Waals surface area contributed by atoms with E-state index in [-0.39, 0.29) is 37.1 Å². The van der Waals surface area contributed by atoms with Crippen molar-refractivity contribution >= 4 is 29.6 Å². The molecule has 2 aliphatic heterocycles. The van der Waals surface area contributed by atoms with Gasteiger partial charge in [0, 0.05) is 36.4 Å². The van der Waals surface area contributed by atoms with Crippen molar-refractivity contribution in [2.24, 2.45) is 0 Å². The Morgan fingerprint density at radius 1 is 1.30 bits per heavy atom. The van der Waals surface area contributed by atoms with E-state index < -0.39 is 17.9 Å². The Bertz CT molecular complexity index is 1050. The average molecular weight is 409 g/mol. The first-order valence-corrected chi connectivity index (χ1v) is 9.51. The summed E-state index contributed by atoms with van der Waals surface area (Å²) in [5, 5.41) is 4.87. The quantitative estimate of drug-likeness (QED) is 0.701. The third-order valence-corrected chi connectivity index (χ3v) is 4.93. The molecule has 2 aromatic rings. The monoisotopic (exact) mass is 409 g/mol. The van der Waals surface area contributed by atoms with Crippen LogP contribution in [-0.4, -0.2) is 51.1 Å². The van der Waals surface area contributed by atoms with Gasteiger partial charge in [0.15, 0.2) is 0 Å². The summed E-state index contributed by atoms with van der Waals surface area (Å²) < 4.78 is 5.29. The number of nitrogens with one attached hydrogen (secondary N) is 2. The SMILES string of the molecule is CCOc1ccnc(NC(=O)c2ccc3c(c2)CN(C2CCC(=O)NC2=O)C3=O)n1. The highest BCUT2D eigenvalue weighted by atomic mass is 16.5. The minimum Gasteiger partial charge on any atom is -0.478 e. The van der Waals surface area contributed by atoms with Gasteiger partial charge in [-0.15, -0.1) is 0 Å². The number of amides is 4. The van der Waals surface area contributed by atoms with Crippen LogP contribution in [0, 0.1) is 0 Å². The first-order chi connectivity index (χ1) is 14.5. The minimum atomic E-state index is -0.699. The summed E-state index contributed by atoms with van der Waals surface area (Å²) in [4.78, 5) is 58.4. The highest BCUT2D eigenvalue weighted by Crippen LogP contribution is 2.28. The Hall–Kier alpha value is -3.82. The first-order valence-electron chi connectivity index (χ1n) is 9.51. The maximum atomic E-state index is 12.7. The molecule has 1 saturated heterocycles. The van der Waals surface area contributed by atoms with Crippen molar-refractivity contribution in [3.63, 3.8) is 0 Å². The molecule has 30 heavy (non-hydrogen) atoms. The molecule has 10 nitrogen and oxygen atoms in total. The van der Waals surface area contributed by atoms with Gasteiger partial charge in [0.25, 0.3) is 11.8 Å². The molecule has 0 spiro atoms. The lowest BCUT2D eigenvalue weighted by Gasteiger charge is -2.29. The second-order valence-electron chi connectivity index (χ2n) is 6.88. The van der Waals surface area contributed by atoms with E-state index in [4.69, 9.17) is 4.74 Å². The lowest BCUT2D eigenvalue weighted by Crippen LogP contribution is -2.52. The van der Waals surface area contributed by atoms with E-state index in [1.54, 1.807) is 18.2 Å². The lowest BCUT2D eigenvalue weighted by atomic mass is 10.0. The van der Waals surface area contributed by atoms with E-state index in [0.29, 0.717) is 29.2 Å². The molecule has 3 heterocycles. The summed E-state index contributed by atoms with van der Waals surface area (Å²) in [5.41, 5.74) is 1.41. The van der Waals surface area contributed by atoms with Crippen molar-refractivity contribution in [3.05, 3.63) is 47.2 Å². The molecule has 4 rings (SSSR count). The van der Waals surface area contributed by atoms with Crippen molar-refractivity contribution in [1.29, 1.82) is 0 Å². The fourth-order valence-corrected chi connectivity index (χ4v) is 3.52. The summed E-state index contributed by atoms with van der Waals surface area (Å²) in [5.74, 6) is -1.08. The van der Waals surface area contributed by atoms with Gasteiger partial charge in [-0.25, -0.2) is 4.98 Å². The van der Waals surface area contributed by atoms with Gasteiger partial charge < -0.3 is 9.64 Å². The second-order valence-corrected chi connectivity index (χ2v) is 6.88. The number of carbonyl (C=O) groups is 4. The number of benzene rings is 1. The average Bonchev–Trinajstić information content (AvgIpc) is 3.04. The summed E-state index contributed by atoms with van der Waals surface area (Å²) in [6, 6.07) is 5.60. The van der Waals surface area contributed by atoms with Gasteiger partial charge in [0.05, 0.1) is 6.61 Å². The fourth-order valence-electron chi connectivity index (χ4n) is 3.52. The number of imide groups is 1. The summed E-state index contributed by atoms with van der Waals surface area (Å²) in [6.07, 6.45) is 1.95. The van der Waals surface area contributed by atoms with Crippen molar-refractivity contribution in [2.75, 3.05) is 11.9 Å². The Balaban J connectivity index is 1.50. The number of hydrogen-bond acceptors (Lipinski definition) is 7. The van der Waals surface area contributed by atoms with Crippen LogP contribution >= 0.6 is 0 Å². The predicted molar refractivity (Wildman–Crippen MR) is 104 cm³/mol. The van der Waals surface area contributed by atoms with Crippen LogP contribution < -0.4 is 15.4 Å². The van der Waals surface area contributed by atoms with Crippen LogP contribution in [-0.2, 0) is 16.1 Å². The third-order valence-electron chi connectivity index (χ3n) is 4.93. The van der Waals surface area contributed by atoms with E-state index in [0.717, 1.165) is 0 Å². The smallest absolute Gasteiger partial charge is 0.258 e. The van der Waals surface area contributed by atoms with Crippen molar-refractivity contribution in [3.8, 4) is 5.88 Å². The summed E-state index contributed by atoms with van der Waals surface area (Å²) in [7, 11) is 0. The molecule has 4 amide bonds. The number of rotatable bonds is 5. The van der Waals surface area contributed by atoms with Crippen LogP contribution in [0.15, 0.2) is 30.5 Å². The molecule has 2 N–H and O–H groups in total. The largest absolute Gasteiger partial charge is 0.478 e. The molecule has 1 fully saturated rings. The minimum absolute atomic E-state index is 0.104. The van der Waals surface area contributed by atoms with Crippen LogP contribution in [0.3, 0.4) is 0 Å². The Morgan fingerprint density at radius 2 is 2.13 bits per heavy atom. The topological polar surface area (TPSA) is 131 Å². The zero-order valence-corrected chi connectivity index (χ0v) is 16.2. The second kappa shape index (κ2) is 7.90. The number of ether oxygens (including phenoxy) is 1. The normalized spacial score (nSPS) is 18.1. The first kappa shape index (κ1) is 19.5. The van der Waals surface area contributed by atoms with E-state index in [1.165, 1.54) is 17.2 Å². The van der Waals surface area contributed by atoms with Gasteiger partial charge in [-0.05, 0) is 37.1 Å². The summed E-state index contributed by atoms with van der Waals surface area (Å²) in [6.45, 7) is 2.45. The van der Waals surface area contributed by atoms with Crippen LogP contribution in [0.25, 0.3) is 0 Å². The Kier molecular flexibility index (Phi) is 5.13. The number of piperidine rings is 1. The van der Waals surface area contributed by atoms with Gasteiger partial charge in [-0.3, -0.25) is 29.8 Å². The molecule has 2 aliphatic rings. The molecular formula is C20H19N5O5. The molecule has 0 bridgehead atoms. The zero-order valence-electron chi connectivity index (χ0n) is 16.2. The highest BCUT2D eigenvalue weighted by molar-refractivity contribution is 6.07. The molecule has 0 radical (unpaired) electrons. The fraction of sp³-hybridized carbons (Fsp3) is 0.300. The van der Waals surface area contributed by atoms with Crippen LogP contribution in [0.1, 0.15) is 46.0 Å². The Morgan fingerprint density at radius 3 is 2.90 bits per heavy atom. The van der Waals surface area contributed by atoms with E-state index in [9.17, 15) is 19.2 Å². The highest BCUT2D eigenvalue weighted by Gasteiger charge is 2.39.